The number of likely N-dealkylation sites (N-methyl/N-ethyl adjacent to an activating group) is 1. The molecule has 0 bridgehead atoms. The molecular formula is C11H20N2O4S. The molecule has 2 atom stereocenters. The summed E-state index contributed by atoms with van der Waals surface area (Å²) in [6.07, 6.45) is 0.459. The Hall–Kier alpha value is -0.660. The predicted octanol–water partition coefficient (Wildman–Crippen LogP) is -1.13. The van der Waals surface area contributed by atoms with Crippen molar-refractivity contribution >= 4 is 15.7 Å². The summed E-state index contributed by atoms with van der Waals surface area (Å²) in [5.74, 6) is -0.305. The number of carbonyl (C=O) groups excluding carboxylic acids is 1. The van der Waals surface area contributed by atoms with Crippen LogP contribution in [0.4, 0.5) is 0 Å². The molecule has 6 nitrogen and oxygen atoms in total. The number of hydrogen-bond donors (Lipinski definition) is 1. The first kappa shape index (κ1) is 13.8. The van der Waals surface area contributed by atoms with E-state index in [0.29, 0.717) is 19.6 Å². The maximum absolute atomic E-state index is 12.1. The average molecular weight is 276 g/mol. The van der Waals surface area contributed by atoms with Crippen LogP contribution in [0.5, 0.6) is 0 Å². The second-order valence-corrected chi connectivity index (χ2v) is 7.24. The van der Waals surface area contributed by atoms with Crippen molar-refractivity contribution in [1.29, 1.82) is 0 Å². The van der Waals surface area contributed by atoms with Crippen LogP contribution in [0.25, 0.3) is 0 Å². The number of sulfone groups is 1. The molecule has 0 aromatic heterocycles. The van der Waals surface area contributed by atoms with Crippen LogP contribution in [0.2, 0.25) is 0 Å². The van der Waals surface area contributed by atoms with Gasteiger partial charge in [0.15, 0.2) is 9.84 Å². The molecule has 0 saturated carbocycles. The summed E-state index contributed by atoms with van der Waals surface area (Å²) in [6.45, 7) is 2.75. The van der Waals surface area contributed by atoms with Crippen molar-refractivity contribution in [2.24, 2.45) is 5.92 Å². The minimum absolute atomic E-state index is 0.0000524. The Kier molecular flexibility index (Phi) is 4.24. The monoisotopic (exact) mass is 276 g/mol. The van der Waals surface area contributed by atoms with Gasteiger partial charge in [-0.05, 0) is 6.42 Å². The minimum Gasteiger partial charge on any atom is -0.374 e. The smallest absolute Gasteiger partial charge is 0.226 e. The van der Waals surface area contributed by atoms with Gasteiger partial charge in [0.25, 0.3) is 0 Å². The van der Waals surface area contributed by atoms with Gasteiger partial charge in [0, 0.05) is 26.7 Å². The number of carbonyl (C=O) groups is 1. The quantitative estimate of drug-likeness (QED) is 0.706. The summed E-state index contributed by atoms with van der Waals surface area (Å²) in [7, 11) is -1.28. The van der Waals surface area contributed by atoms with Crippen LogP contribution < -0.4 is 5.32 Å². The van der Waals surface area contributed by atoms with Crippen LogP contribution in [0.3, 0.4) is 0 Å². The van der Waals surface area contributed by atoms with E-state index in [-0.39, 0.29) is 29.4 Å². The SMILES string of the molecule is CN(CC1CNCCO1)C(=O)C1CCS(=O)(=O)C1. The zero-order chi connectivity index (χ0) is 13.2. The summed E-state index contributed by atoms with van der Waals surface area (Å²) >= 11 is 0. The van der Waals surface area contributed by atoms with Crippen molar-refractivity contribution in [2.45, 2.75) is 12.5 Å². The number of rotatable bonds is 3. The molecule has 1 N–H and O–H groups in total. The zero-order valence-electron chi connectivity index (χ0n) is 10.6. The highest BCUT2D eigenvalue weighted by atomic mass is 32.2. The zero-order valence-corrected chi connectivity index (χ0v) is 11.4. The van der Waals surface area contributed by atoms with Gasteiger partial charge in [-0.3, -0.25) is 4.79 Å². The second kappa shape index (κ2) is 5.54. The third kappa shape index (κ3) is 3.43. The number of ether oxygens (including phenoxy) is 1. The number of hydrogen-bond acceptors (Lipinski definition) is 5. The van der Waals surface area contributed by atoms with E-state index in [1.807, 2.05) is 0 Å². The van der Waals surface area contributed by atoms with Gasteiger partial charge in [0.1, 0.15) is 0 Å². The summed E-state index contributed by atoms with van der Waals surface area (Å²) in [5, 5.41) is 3.20. The lowest BCUT2D eigenvalue weighted by molar-refractivity contribution is -0.135. The van der Waals surface area contributed by atoms with Crippen molar-refractivity contribution < 1.29 is 17.9 Å². The lowest BCUT2D eigenvalue weighted by Crippen LogP contribution is -2.47. The topological polar surface area (TPSA) is 75.7 Å². The van der Waals surface area contributed by atoms with Gasteiger partial charge >= 0.3 is 0 Å². The molecule has 2 heterocycles. The highest BCUT2D eigenvalue weighted by Crippen LogP contribution is 2.20. The Morgan fingerprint density at radius 2 is 2.28 bits per heavy atom. The van der Waals surface area contributed by atoms with Gasteiger partial charge in [-0.15, -0.1) is 0 Å². The summed E-state index contributed by atoms with van der Waals surface area (Å²) < 4.78 is 28.2. The molecule has 2 fully saturated rings. The molecule has 2 saturated heterocycles. The first-order valence-electron chi connectivity index (χ1n) is 6.26. The molecule has 7 heteroatoms. The Balaban J connectivity index is 1.85. The van der Waals surface area contributed by atoms with E-state index < -0.39 is 9.84 Å². The Morgan fingerprint density at radius 3 is 2.83 bits per heavy atom. The van der Waals surface area contributed by atoms with E-state index in [9.17, 15) is 13.2 Å². The molecule has 18 heavy (non-hydrogen) atoms. The standard InChI is InChI=1S/C11H20N2O4S/c1-13(7-10-6-12-3-4-17-10)11(14)9-2-5-18(15,16)8-9/h9-10,12H,2-8H2,1H3. The number of amides is 1. The van der Waals surface area contributed by atoms with Gasteiger partial charge in [-0.1, -0.05) is 0 Å². The lowest BCUT2D eigenvalue weighted by Gasteiger charge is -2.29. The van der Waals surface area contributed by atoms with E-state index >= 15 is 0 Å². The fourth-order valence-corrected chi connectivity index (χ4v) is 4.17. The Labute approximate surface area is 108 Å². The average Bonchev–Trinajstić information content (AvgIpc) is 2.70. The number of morpholine rings is 1. The fraction of sp³-hybridized carbons (Fsp3) is 0.909. The van der Waals surface area contributed by atoms with Crippen LogP contribution in [0, 0.1) is 5.92 Å². The van der Waals surface area contributed by atoms with Crippen molar-refractivity contribution in [3.63, 3.8) is 0 Å². The maximum atomic E-state index is 12.1. The first-order valence-corrected chi connectivity index (χ1v) is 8.08. The maximum Gasteiger partial charge on any atom is 0.226 e. The van der Waals surface area contributed by atoms with Gasteiger partial charge in [0.05, 0.1) is 30.1 Å². The van der Waals surface area contributed by atoms with Crippen molar-refractivity contribution in [3.8, 4) is 0 Å². The molecule has 0 spiro atoms. The van der Waals surface area contributed by atoms with Gasteiger partial charge < -0.3 is 15.0 Å². The second-order valence-electron chi connectivity index (χ2n) is 5.02. The normalized spacial score (nSPS) is 31.2. The molecule has 0 aliphatic carbocycles. The number of nitrogens with zero attached hydrogens (tertiary/aromatic N) is 1. The van der Waals surface area contributed by atoms with E-state index in [1.54, 1.807) is 11.9 Å². The Bertz CT molecular complexity index is 403. The molecule has 0 radical (unpaired) electrons. The van der Waals surface area contributed by atoms with Crippen LogP contribution in [-0.2, 0) is 19.4 Å². The predicted molar refractivity (Wildman–Crippen MR) is 67.0 cm³/mol. The summed E-state index contributed by atoms with van der Waals surface area (Å²) in [6, 6.07) is 0. The van der Waals surface area contributed by atoms with E-state index in [0.717, 1.165) is 13.1 Å². The van der Waals surface area contributed by atoms with Crippen molar-refractivity contribution in [1.82, 2.24) is 10.2 Å². The highest BCUT2D eigenvalue weighted by molar-refractivity contribution is 7.91. The molecule has 1 amide bonds. The largest absolute Gasteiger partial charge is 0.374 e. The Morgan fingerprint density at radius 1 is 1.50 bits per heavy atom. The lowest BCUT2D eigenvalue weighted by atomic mass is 10.1. The van der Waals surface area contributed by atoms with E-state index in [2.05, 4.69) is 5.32 Å². The summed E-state index contributed by atoms with van der Waals surface area (Å²) in [4.78, 5) is 13.7. The van der Waals surface area contributed by atoms with Crippen molar-refractivity contribution in [3.05, 3.63) is 0 Å². The molecule has 2 rings (SSSR count). The van der Waals surface area contributed by atoms with Crippen LogP contribution in [0.15, 0.2) is 0 Å². The van der Waals surface area contributed by atoms with Crippen molar-refractivity contribution in [2.75, 3.05) is 44.8 Å². The number of nitrogens with one attached hydrogen (secondary N) is 1. The highest BCUT2D eigenvalue weighted by Gasteiger charge is 2.35. The third-order valence-corrected chi connectivity index (χ3v) is 5.21. The molecule has 2 unspecified atom stereocenters. The molecule has 0 aromatic rings. The minimum atomic E-state index is -3.00. The first-order chi connectivity index (χ1) is 8.48. The molecule has 2 aliphatic rings. The van der Waals surface area contributed by atoms with Crippen LogP contribution in [-0.4, -0.2) is 70.1 Å². The van der Waals surface area contributed by atoms with Crippen LogP contribution in [0.1, 0.15) is 6.42 Å². The van der Waals surface area contributed by atoms with Crippen LogP contribution >= 0.6 is 0 Å². The molecule has 2 aliphatic heterocycles. The summed E-state index contributed by atoms with van der Waals surface area (Å²) in [5.41, 5.74) is 0. The van der Waals surface area contributed by atoms with E-state index in [1.165, 1.54) is 0 Å². The fourth-order valence-electron chi connectivity index (χ4n) is 2.43. The van der Waals surface area contributed by atoms with Gasteiger partial charge in [-0.2, -0.15) is 0 Å². The molecule has 104 valence electrons. The molecule has 0 aromatic carbocycles. The molecular weight excluding hydrogens is 256 g/mol. The third-order valence-electron chi connectivity index (χ3n) is 3.44. The van der Waals surface area contributed by atoms with E-state index in [4.69, 9.17) is 4.74 Å². The van der Waals surface area contributed by atoms with Gasteiger partial charge in [0.2, 0.25) is 5.91 Å². The van der Waals surface area contributed by atoms with Gasteiger partial charge in [-0.25, -0.2) is 8.42 Å².